The maximum Gasteiger partial charge on any atom is 0.142 e. The van der Waals surface area contributed by atoms with E-state index in [0.717, 1.165) is 10.8 Å². The van der Waals surface area contributed by atoms with Crippen molar-refractivity contribution in [1.82, 2.24) is 5.32 Å². The first kappa shape index (κ1) is 16.4. The molecular formula is C15H20Cl2FNS. The average molecular weight is 336 g/mol. The Hall–Kier alpha value is 0.0400. The molecule has 3 unspecified atom stereocenters. The number of hydrogen-bond acceptors (Lipinski definition) is 2. The second-order valence-corrected chi connectivity index (χ2v) is 7.35. The molecule has 2 rings (SSSR count). The molecule has 0 spiro atoms. The van der Waals surface area contributed by atoms with E-state index in [2.05, 4.69) is 11.6 Å². The normalized spacial score (nSPS) is 24.6. The first-order valence-electron chi connectivity index (χ1n) is 6.94. The van der Waals surface area contributed by atoms with Gasteiger partial charge in [-0.15, -0.1) is 0 Å². The van der Waals surface area contributed by atoms with Gasteiger partial charge in [-0.25, -0.2) is 4.39 Å². The van der Waals surface area contributed by atoms with Crippen LogP contribution in [0.25, 0.3) is 0 Å². The largest absolute Gasteiger partial charge is 0.307 e. The molecule has 1 aromatic carbocycles. The monoisotopic (exact) mass is 335 g/mol. The molecular weight excluding hydrogens is 316 g/mol. The summed E-state index contributed by atoms with van der Waals surface area (Å²) in [5.74, 6) is -0.412. The molecule has 0 saturated heterocycles. The first-order chi connectivity index (χ1) is 9.51. The lowest BCUT2D eigenvalue weighted by molar-refractivity contribution is 0.353. The van der Waals surface area contributed by atoms with Gasteiger partial charge in [0.1, 0.15) is 5.82 Å². The zero-order valence-corrected chi connectivity index (χ0v) is 14.1. The zero-order chi connectivity index (χ0) is 14.7. The second-order valence-electron chi connectivity index (χ2n) is 5.40. The number of rotatable bonds is 4. The van der Waals surface area contributed by atoms with Crippen molar-refractivity contribution in [3.05, 3.63) is 33.6 Å². The summed E-state index contributed by atoms with van der Waals surface area (Å²) < 4.78 is 13.6. The lowest BCUT2D eigenvalue weighted by Crippen LogP contribution is -2.36. The van der Waals surface area contributed by atoms with Crippen molar-refractivity contribution in [2.75, 3.05) is 6.26 Å². The average Bonchev–Trinajstić information content (AvgIpc) is 2.43. The molecule has 1 N–H and O–H groups in total. The van der Waals surface area contributed by atoms with Crippen molar-refractivity contribution < 1.29 is 4.39 Å². The number of thioether (sulfide) groups is 1. The maximum absolute atomic E-state index is 13.6. The molecule has 5 heteroatoms. The molecule has 1 nitrogen and oxygen atoms in total. The van der Waals surface area contributed by atoms with Crippen LogP contribution in [0, 0.1) is 5.82 Å². The van der Waals surface area contributed by atoms with Gasteiger partial charge in [0, 0.05) is 22.4 Å². The van der Waals surface area contributed by atoms with E-state index < -0.39 is 5.82 Å². The highest BCUT2D eigenvalue weighted by Crippen LogP contribution is 2.31. The molecule has 0 amide bonds. The Kier molecular flexibility index (Phi) is 6.03. The molecule has 1 aromatic rings. The van der Waals surface area contributed by atoms with E-state index in [9.17, 15) is 4.39 Å². The number of hydrogen-bond donors (Lipinski definition) is 1. The Balaban J connectivity index is 2.04. The molecule has 20 heavy (non-hydrogen) atoms. The van der Waals surface area contributed by atoms with Crippen molar-refractivity contribution in [2.45, 2.75) is 49.9 Å². The third kappa shape index (κ3) is 4.03. The first-order valence-corrected chi connectivity index (χ1v) is 8.99. The van der Waals surface area contributed by atoms with Crippen LogP contribution in [0.2, 0.25) is 10.0 Å². The van der Waals surface area contributed by atoms with Gasteiger partial charge >= 0.3 is 0 Å². The van der Waals surface area contributed by atoms with Crippen molar-refractivity contribution in [3.63, 3.8) is 0 Å². The van der Waals surface area contributed by atoms with Crippen LogP contribution in [0.3, 0.4) is 0 Å². The fourth-order valence-electron chi connectivity index (χ4n) is 2.82. The highest BCUT2D eigenvalue weighted by molar-refractivity contribution is 7.99. The Labute approximate surface area is 134 Å². The standard InChI is InChI=1S/C15H20Cl2FNS/c1-9(12-7-15(18)14(17)8-13(12)16)19-10-4-3-5-11(6-10)20-2/h7-11,19H,3-6H2,1-2H3. The summed E-state index contributed by atoms with van der Waals surface area (Å²) in [5, 5.41) is 4.90. The predicted octanol–water partition coefficient (Wildman–Crippen LogP) is 5.46. The molecule has 0 radical (unpaired) electrons. The van der Waals surface area contributed by atoms with Gasteiger partial charge in [-0.05, 0) is 50.1 Å². The number of nitrogens with one attached hydrogen (secondary N) is 1. The van der Waals surface area contributed by atoms with Crippen LogP contribution in [0.15, 0.2) is 12.1 Å². The van der Waals surface area contributed by atoms with Crippen LogP contribution in [-0.4, -0.2) is 17.5 Å². The molecule has 0 heterocycles. The summed E-state index contributed by atoms with van der Waals surface area (Å²) in [5.41, 5.74) is 0.778. The molecule has 3 atom stereocenters. The minimum absolute atomic E-state index is 0.0277. The number of benzene rings is 1. The van der Waals surface area contributed by atoms with E-state index in [1.54, 1.807) is 0 Å². The lowest BCUT2D eigenvalue weighted by atomic mass is 9.93. The van der Waals surface area contributed by atoms with Crippen LogP contribution >= 0.6 is 35.0 Å². The second kappa shape index (κ2) is 7.35. The van der Waals surface area contributed by atoms with Gasteiger partial charge < -0.3 is 5.32 Å². The summed E-state index contributed by atoms with van der Waals surface area (Å²) in [6, 6.07) is 3.43. The molecule has 1 aliphatic rings. The minimum atomic E-state index is -0.412. The van der Waals surface area contributed by atoms with Gasteiger partial charge in [-0.3, -0.25) is 0 Å². The van der Waals surface area contributed by atoms with Crippen LogP contribution in [0.4, 0.5) is 4.39 Å². The van der Waals surface area contributed by atoms with Gasteiger partial charge in [0.05, 0.1) is 5.02 Å². The SMILES string of the molecule is CSC1CCCC(NC(C)c2cc(F)c(Cl)cc2Cl)C1. The topological polar surface area (TPSA) is 12.0 Å². The predicted molar refractivity (Wildman–Crippen MR) is 87.5 cm³/mol. The van der Waals surface area contributed by atoms with Crippen molar-refractivity contribution >= 4 is 35.0 Å². The van der Waals surface area contributed by atoms with E-state index in [1.807, 2.05) is 18.7 Å². The highest BCUT2D eigenvalue weighted by atomic mass is 35.5. The van der Waals surface area contributed by atoms with Crippen molar-refractivity contribution in [1.29, 1.82) is 0 Å². The molecule has 112 valence electrons. The van der Waals surface area contributed by atoms with Gasteiger partial charge in [-0.1, -0.05) is 29.6 Å². The van der Waals surface area contributed by atoms with E-state index >= 15 is 0 Å². The molecule has 0 aromatic heterocycles. The third-order valence-electron chi connectivity index (χ3n) is 3.95. The van der Waals surface area contributed by atoms with Gasteiger partial charge in [0.2, 0.25) is 0 Å². The van der Waals surface area contributed by atoms with Crippen LogP contribution < -0.4 is 5.32 Å². The molecule has 0 bridgehead atoms. The summed E-state index contributed by atoms with van der Waals surface area (Å²) >= 11 is 13.8. The molecule has 1 fully saturated rings. The Morgan fingerprint density at radius 1 is 1.30 bits per heavy atom. The van der Waals surface area contributed by atoms with Gasteiger partial charge in [-0.2, -0.15) is 11.8 Å². The number of halogens is 3. The summed E-state index contributed by atoms with van der Waals surface area (Å²) in [6.45, 7) is 2.03. The van der Waals surface area contributed by atoms with Crippen LogP contribution in [0.1, 0.15) is 44.2 Å². The summed E-state index contributed by atoms with van der Waals surface area (Å²) in [6.07, 6.45) is 7.05. The fraction of sp³-hybridized carbons (Fsp3) is 0.600. The summed E-state index contributed by atoms with van der Waals surface area (Å²) in [7, 11) is 0. The Morgan fingerprint density at radius 3 is 2.75 bits per heavy atom. The van der Waals surface area contributed by atoms with E-state index in [4.69, 9.17) is 23.2 Å². The smallest absolute Gasteiger partial charge is 0.142 e. The lowest BCUT2D eigenvalue weighted by Gasteiger charge is -2.31. The maximum atomic E-state index is 13.6. The van der Waals surface area contributed by atoms with E-state index in [-0.39, 0.29) is 11.1 Å². The third-order valence-corrected chi connectivity index (χ3v) is 5.66. The van der Waals surface area contributed by atoms with Gasteiger partial charge in [0.15, 0.2) is 0 Å². The van der Waals surface area contributed by atoms with Gasteiger partial charge in [0.25, 0.3) is 0 Å². The minimum Gasteiger partial charge on any atom is -0.307 e. The summed E-state index contributed by atoms with van der Waals surface area (Å²) in [4.78, 5) is 0. The quantitative estimate of drug-likeness (QED) is 0.733. The molecule has 0 aliphatic heterocycles. The Bertz CT molecular complexity index is 469. The van der Waals surface area contributed by atoms with Crippen LogP contribution in [-0.2, 0) is 0 Å². The molecule has 1 aliphatic carbocycles. The van der Waals surface area contributed by atoms with E-state index in [0.29, 0.717) is 11.1 Å². The fourth-order valence-corrected chi connectivity index (χ4v) is 4.20. The van der Waals surface area contributed by atoms with Crippen molar-refractivity contribution in [2.24, 2.45) is 0 Å². The Morgan fingerprint density at radius 2 is 2.05 bits per heavy atom. The zero-order valence-electron chi connectivity index (χ0n) is 11.8. The van der Waals surface area contributed by atoms with E-state index in [1.165, 1.54) is 37.8 Å². The molecule has 1 saturated carbocycles. The van der Waals surface area contributed by atoms with Crippen LogP contribution in [0.5, 0.6) is 0 Å². The van der Waals surface area contributed by atoms with Crippen molar-refractivity contribution in [3.8, 4) is 0 Å². The highest BCUT2D eigenvalue weighted by Gasteiger charge is 2.23.